The van der Waals surface area contributed by atoms with Gasteiger partial charge < -0.3 is 19.7 Å². The zero-order valence-electron chi connectivity index (χ0n) is 17.5. The fraction of sp³-hybridized carbons (Fsp3) is 0.304. The summed E-state index contributed by atoms with van der Waals surface area (Å²) in [5.41, 5.74) is 2.74. The highest BCUT2D eigenvalue weighted by atomic mass is 35.5. The molecular formula is C23H25ClN2O3S. The standard InChI is InChI=1S/C23H25ClN2O3S/c1-5-13-26-14(2)18(21(27)15-9-7-6-8-10-15)20(25-23(26)30)16-11-12-17(28-3)22(29-4)19(16)24/h6-12,20H,5,13H2,1-4H3,(H,25,30). The topological polar surface area (TPSA) is 50.8 Å². The van der Waals surface area contributed by atoms with Crippen LogP contribution in [-0.2, 0) is 0 Å². The number of carbonyl (C=O) groups is 1. The van der Waals surface area contributed by atoms with Gasteiger partial charge in [-0.25, -0.2) is 0 Å². The number of ether oxygens (including phenoxy) is 2. The van der Waals surface area contributed by atoms with Gasteiger partial charge in [-0.2, -0.15) is 0 Å². The van der Waals surface area contributed by atoms with Crippen molar-refractivity contribution in [1.82, 2.24) is 10.2 Å². The molecule has 2 aromatic carbocycles. The Morgan fingerprint density at radius 1 is 1.17 bits per heavy atom. The third-order valence-electron chi connectivity index (χ3n) is 5.15. The molecule has 1 heterocycles. The molecule has 7 heteroatoms. The van der Waals surface area contributed by atoms with Crippen LogP contribution in [0.3, 0.4) is 0 Å². The molecular weight excluding hydrogens is 420 g/mol. The number of nitrogens with zero attached hydrogens (tertiary/aromatic N) is 1. The summed E-state index contributed by atoms with van der Waals surface area (Å²) < 4.78 is 10.8. The number of thiocarbonyl (C=S) groups is 1. The molecule has 0 spiro atoms. The van der Waals surface area contributed by atoms with Crippen LogP contribution in [-0.4, -0.2) is 36.6 Å². The Morgan fingerprint density at radius 3 is 2.47 bits per heavy atom. The van der Waals surface area contributed by atoms with Crippen molar-refractivity contribution < 1.29 is 14.3 Å². The largest absolute Gasteiger partial charge is 0.493 e. The molecule has 0 saturated heterocycles. The number of methoxy groups -OCH3 is 2. The highest BCUT2D eigenvalue weighted by molar-refractivity contribution is 7.80. The Kier molecular flexibility index (Phi) is 7.00. The Morgan fingerprint density at radius 2 is 1.87 bits per heavy atom. The fourth-order valence-electron chi connectivity index (χ4n) is 3.67. The first-order chi connectivity index (χ1) is 14.4. The molecule has 0 saturated carbocycles. The van der Waals surface area contributed by atoms with E-state index in [-0.39, 0.29) is 5.78 Å². The number of Topliss-reactive ketones (excluding diaryl/α,β-unsaturated/α-hetero) is 1. The van der Waals surface area contributed by atoms with Crippen molar-refractivity contribution in [2.24, 2.45) is 0 Å². The molecule has 3 rings (SSSR count). The lowest BCUT2D eigenvalue weighted by molar-refractivity contribution is 0.102. The molecule has 0 aromatic heterocycles. The highest BCUT2D eigenvalue weighted by Crippen LogP contribution is 2.43. The van der Waals surface area contributed by atoms with Gasteiger partial charge in [-0.05, 0) is 31.6 Å². The predicted molar refractivity (Wildman–Crippen MR) is 124 cm³/mol. The third-order valence-corrected chi connectivity index (χ3v) is 5.88. The van der Waals surface area contributed by atoms with Gasteiger partial charge in [0.05, 0.1) is 25.3 Å². The minimum absolute atomic E-state index is 0.0694. The van der Waals surface area contributed by atoms with Crippen LogP contribution in [0.15, 0.2) is 53.7 Å². The van der Waals surface area contributed by atoms with Crippen molar-refractivity contribution in [3.05, 3.63) is 69.9 Å². The van der Waals surface area contributed by atoms with Gasteiger partial charge in [-0.3, -0.25) is 4.79 Å². The SMILES string of the molecule is CCCN1C(=S)NC(c2ccc(OC)c(OC)c2Cl)C(C(=O)c2ccccc2)=C1C. The minimum Gasteiger partial charge on any atom is -0.493 e. The van der Waals surface area contributed by atoms with E-state index in [9.17, 15) is 4.79 Å². The Labute approximate surface area is 187 Å². The van der Waals surface area contributed by atoms with E-state index in [2.05, 4.69) is 12.2 Å². The smallest absolute Gasteiger partial charge is 0.193 e. The van der Waals surface area contributed by atoms with Crippen molar-refractivity contribution >= 4 is 34.7 Å². The number of benzene rings is 2. The number of carbonyl (C=O) groups excluding carboxylic acids is 1. The summed E-state index contributed by atoms with van der Waals surface area (Å²) in [6.45, 7) is 4.72. The van der Waals surface area contributed by atoms with Gasteiger partial charge in [-0.1, -0.05) is 54.9 Å². The van der Waals surface area contributed by atoms with E-state index >= 15 is 0 Å². The van der Waals surface area contributed by atoms with E-state index < -0.39 is 6.04 Å². The minimum atomic E-state index is -0.509. The van der Waals surface area contributed by atoms with Crippen molar-refractivity contribution in [3.63, 3.8) is 0 Å². The molecule has 0 aliphatic carbocycles. The van der Waals surface area contributed by atoms with E-state index in [1.54, 1.807) is 13.2 Å². The quantitative estimate of drug-likeness (QED) is 0.470. The van der Waals surface area contributed by atoms with Crippen LogP contribution in [0.1, 0.15) is 42.2 Å². The Hall–Kier alpha value is -2.57. The average Bonchev–Trinajstić information content (AvgIpc) is 2.76. The lowest BCUT2D eigenvalue weighted by Crippen LogP contribution is -2.48. The van der Waals surface area contributed by atoms with Crippen LogP contribution in [0.25, 0.3) is 0 Å². The number of allylic oxidation sites excluding steroid dienone is 1. The molecule has 2 aromatic rings. The summed E-state index contributed by atoms with van der Waals surface area (Å²) in [7, 11) is 3.09. The summed E-state index contributed by atoms with van der Waals surface area (Å²) in [5.74, 6) is 0.874. The molecule has 0 radical (unpaired) electrons. The first-order valence-corrected chi connectivity index (χ1v) is 10.5. The maximum Gasteiger partial charge on any atom is 0.193 e. The Bertz CT molecular complexity index is 991. The van der Waals surface area contributed by atoms with E-state index in [0.29, 0.717) is 38.3 Å². The van der Waals surface area contributed by atoms with Crippen LogP contribution >= 0.6 is 23.8 Å². The summed E-state index contributed by atoms with van der Waals surface area (Å²) in [4.78, 5) is 15.5. The molecule has 0 bridgehead atoms. The second-order valence-electron chi connectivity index (χ2n) is 6.93. The second kappa shape index (κ2) is 9.49. The molecule has 1 aliphatic rings. The van der Waals surface area contributed by atoms with Crippen LogP contribution in [0.2, 0.25) is 5.02 Å². The van der Waals surface area contributed by atoms with Gasteiger partial charge in [-0.15, -0.1) is 0 Å². The number of hydrogen-bond donors (Lipinski definition) is 1. The van der Waals surface area contributed by atoms with Crippen LogP contribution in [0.5, 0.6) is 11.5 Å². The molecule has 158 valence electrons. The first kappa shape index (κ1) is 22.1. The summed E-state index contributed by atoms with van der Waals surface area (Å²) in [5, 5.41) is 4.27. The maximum absolute atomic E-state index is 13.6. The lowest BCUT2D eigenvalue weighted by atomic mass is 9.89. The van der Waals surface area contributed by atoms with Gasteiger partial charge in [0, 0.05) is 28.9 Å². The van der Waals surface area contributed by atoms with Gasteiger partial charge in [0.2, 0.25) is 0 Å². The summed E-state index contributed by atoms with van der Waals surface area (Å²) >= 11 is 12.3. The average molecular weight is 445 g/mol. The number of nitrogens with one attached hydrogen (secondary N) is 1. The van der Waals surface area contributed by atoms with E-state index in [1.807, 2.05) is 48.2 Å². The molecule has 1 N–H and O–H groups in total. The number of halogens is 1. The molecule has 0 fully saturated rings. The number of ketones is 1. The van der Waals surface area contributed by atoms with Gasteiger partial charge in [0.15, 0.2) is 22.4 Å². The first-order valence-electron chi connectivity index (χ1n) is 9.73. The molecule has 30 heavy (non-hydrogen) atoms. The van der Waals surface area contributed by atoms with Gasteiger partial charge in [0.1, 0.15) is 0 Å². The van der Waals surface area contributed by atoms with Crippen LogP contribution < -0.4 is 14.8 Å². The molecule has 5 nitrogen and oxygen atoms in total. The second-order valence-corrected chi connectivity index (χ2v) is 7.70. The van der Waals surface area contributed by atoms with Crippen LogP contribution in [0, 0.1) is 0 Å². The van der Waals surface area contributed by atoms with E-state index in [1.165, 1.54) is 7.11 Å². The van der Waals surface area contributed by atoms with Crippen molar-refractivity contribution in [2.75, 3.05) is 20.8 Å². The zero-order chi connectivity index (χ0) is 21.8. The van der Waals surface area contributed by atoms with E-state index in [0.717, 1.165) is 18.7 Å². The molecule has 1 unspecified atom stereocenters. The fourth-order valence-corrected chi connectivity index (χ4v) is 4.36. The number of hydrogen-bond acceptors (Lipinski definition) is 4. The summed E-state index contributed by atoms with van der Waals surface area (Å²) in [6.07, 6.45) is 0.897. The monoisotopic (exact) mass is 444 g/mol. The summed E-state index contributed by atoms with van der Waals surface area (Å²) in [6, 6.07) is 12.3. The normalized spacial score (nSPS) is 16.4. The van der Waals surface area contributed by atoms with Gasteiger partial charge >= 0.3 is 0 Å². The molecule has 0 amide bonds. The molecule has 1 aliphatic heterocycles. The predicted octanol–water partition coefficient (Wildman–Crippen LogP) is 5.16. The zero-order valence-corrected chi connectivity index (χ0v) is 19.1. The Balaban J connectivity index is 2.19. The van der Waals surface area contributed by atoms with Crippen molar-refractivity contribution in [1.29, 1.82) is 0 Å². The number of rotatable bonds is 7. The highest BCUT2D eigenvalue weighted by Gasteiger charge is 2.35. The maximum atomic E-state index is 13.6. The van der Waals surface area contributed by atoms with Crippen molar-refractivity contribution in [2.45, 2.75) is 26.3 Å². The molecule has 1 atom stereocenters. The lowest BCUT2D eigenvalue weighted by Gasteiger charge is -2.38. The van der Waals surface area contributed by atoms with Crippen LogP contribution in [0.4, 0.5) is 0 Å². The van der Waals surface area contributed by atoms with Crippen molar-refractivity contribution in [3.8, 4) is 11.5 Å². The van der Waals surface area contributed by atoms with E-state index in [4.69, 9.17) is 33.3 Å². The third kappa shape index (κ3) is 4.02. The van der Waals surface area contributed by atoms with Gasteiger partial charge in [0.25, 0.3) is 0 Å².